The van der Waals surface area contributed by atoms with Crippen molar-refractivity contribution in [3.63, 3.8) is 0 Å². The Hall–Kier alpha value is -1.12. The molecule has 0 aromatic heterocycles. The standard InChI is InChI=1S/C18H22BrN/c1-13(2)17-7-4-15(5-8-17)11-20-12-16-6-9-18(19)14(3)10-16/h4-10,13,20H,11-12H2,1-3H3. The van der Waals surface area contributed by atoms with E-state index in [9.17, 15) is 0 Å². The Kier molecular flexibility index (Phi) is 5.38. The summed E-state index contributed by atoms with van der Waals surface area (Å²) in [4.78, 5) is 0. The maximum Gasteiger partial charge on any atom is 0.0208 e. The van der Waals surface area contributed by atoms with Gasteiger partial charge in [-0.1, -0.05) is 66.2 Å². The lowest BCUT2D eigenvalue weighted by Crippen LogP contribution is -2.12. The number of halogens is 1. The minimum Gasteiger partial charge on any atom is -0.309 e. The molecule has 20 heavy (non-hydrogen) atoms. The maximum atomic E-state index is 3.53. The zero-order chi connectivity index (χ0) is 14.5. The lowest BCUT2D eigenvalue weighted by Gasteiger charge is -2.09. The van der Waals surface area contributed by atoms with Crippen LogP contribution in [0.4, 0.5) is 0 Å². The molecule has 0 saturated heterocycles. The topological polar surface area (TPSA) is 12.0 Å². The van der Waals surface area contributed by atoms with Gasteiger partial charge < -0.3 is 5.32 Å². The second-order valence-electron chi connectivity index (χ2n) is 5.58. The summed E-state index contributed by atoms with van der Waals surface area (Å²) in [5.41, 5.74) is 5.34. The van der Waals surface area contributed by atoms with E-state index in [1.807, 2.05) is 0 Å². The Bertz CT molecular complexity index is 558. The van der Waals surface area contributed by atoms with Gasteiger partial charge in [0.15, 0.2) is 0 Å². The van der Waals surface area contributed by atoms with Crippen LogP contribution in [0.2, 0.25) is 0 Å². The summed E-state index contributed by atoms with van der Waals surface area (Å²) in [6.07, 6.45) is 0. The van der Waals surface area contributed by atoms with Gasteiger partial charge in [0.1, 0.15) is 0 Å². The molecule has 106 valence electrons. The van der Waals surface area contributed by atoms with E-state index in [1.54, 1.807) is 0 Å². The molecule has 0 heterocycles. The Balaban J connectivity index is 1.87. The third kappa shape index (κ3) is 4.19. The van der Waals surface area contributed by atoms with Crippen LogP contribution in [0.3, 0.4) is 0 Å². The Morgan fingerprint density at radius 1 is 0.950 bits per heavy atom. The molecule has 0 aliphatic heterocycles. The molecule has 0 unspecified atom stereocenters. The van der Waals surface area contributed by atoms with Gasteiger partial charge in [0, 0.05) is 17.6 Å². The molecule has 0 aliphatic rings. The fourth-order valence-corrected chi connectivity index (χ4v) is 2.43. The van der Waals surface area contributed by atoms with E-state index >= 15 is 0 Å². The Labute approximate surface area is 130 Å². The first-order valence-electron chi connectivity index (χ1n) is 7.11. The first kappa shape index (κ1) is 15.3. The average molecular weight is 332 g/mol. The van der Waals surface area contributed by atoms with Crippen molar-refractivity contribution in [3.05, 3.63) is 69.2 Å². The van der Waals surface area contributed by atoms with Crippen molar-refractivity contribution in [2.24, 2.45) is 0 Å². The van der Waals surface area contributed by atoms with Crippen LogP contribution >= 0.6 is 15.9 Å². The monoisotopic (exact) mass is 331 g/mol. The minimum absolute atomic E-state index is 0.600. The van der Waals surface area contributed by atoms with Crippen molar-refractivity contribution < 1.29 is 0 Å². The summed E-state index contributed by atoms with van der Waals surface area (Å²) in [5, 5.41) is 3.50. The third-order valence-electron chi connectivity index (χ3n) is 3.53. The number of benzene rings is 2. The lowest BCUT2D eigenvalue weighted by molar-refractivity contribution is 0.692. The van der Waals surface area contributed by atoms with Gasteiger partial charge in [-0.25, -0.2) is 0 Å². The van der Waals surface area contributed by atoms with E-state index in [2.05, 4.69) is 84.5 Å². The van der Waals surface area contributed by atoms with Gasteiger partial charge in [-0.05, 0) is 41.2 Å². The number of rotatable bonds is 5. The molecular formula is C18H22BrN. The first-order valence-corrected chi connectivity index (χ1v) is 7.90. The van der Waals surface area contributed by atoms with E-state index < -0.39 is 0 Å². The van der Waals surface area contributed by atoms with Gasteiger partial charge in [0.2, 0.25) is 0 Å². The smallest absolute Gasteiger partial charge is 0.0208 e. The second-order valence-corrected chi connectivity index (χ2v) is 6.44. The predicted molar refractivity (Wildman–Crippen MR) is 90.0 cm³/mol. The van der Waals surface area contributed by atoms with Crippen molar-refractivity contribution in [2.45, 2.75) is 39.8 Å². The Morgan fingerprint density at radius 3 is 2.15 bits per heavy atom. The molecule has 0 radical (unpaired) electrons. The first-order chi connectivity index (χ1) is 9.56. The normalized spacial score (nSPS) is 11.1. The highest BCUT2D eigenvalue weighted by molar-refractivity contribution is 9.10. The number of aryl methyl sites for hydroxylation is 1. The van der Waals surface area contributed by atoms with E-state index in [0.29, 0.717) is 5.92 Å². The van der Waals surface area contributed by atoms with E-state index in [4.69, 9.17) is 0 Å². The van der Waals surface area contributed by atoms with Crippen molar-refractivity contribution in [3.8, 4) is 0 Å². The zero-order valence-corrected chi connectivity index (χ0v) is 14.0. The third-order valence-corrected chi connectivity index (χ3v) is 4.42. The number of hydrogen-bond acceptors (Lipinski definition) is 1. The van der Waals surface area contributed by atoms with E-state index in [0.717, 1.165) is 13.1 Å². The van der Waals surface area contributed by atoms with Crippen LogP contribution < -0.4 is 5.32 Å². The van der Waals surface area contributed by atoms with Crippen LogP contribution in [0, 0.1) is 6.92 Å². The molecule has 2 heteroatoms. The molecule has 0 bridgehead atoms. The molecule has 0 aliphatic carbocycles. The van der Waals surface area contributed by atoms with Crippen LogP contribution in [0.15, 0.2) is 46.9 Å². The molecular weight excluding hydrogens is 310 g/mol. The van der Waals surface area contributed by atoms with Gasteiger partial charge in [-0.3, -0.25) is 0 Å². The molecule has 1 N–H and O–H groups in total. The van der Waals surface area contributed by atoms with E-state index in [-0.39, 0.29) is 0 Å². The summed E-state index contributed by atoms with van der Waals surface area (Å²) >= 11 is 3.53. The highest BCUT2D eigenvalue weighted by Crippen LogP contribution is 2.17. The molecule has 0 saturated carbocycles. The van der Waals surface area contributed by atoms with Gasteiger partial charge >= 0.3 is 0 Å². The molecule has 2 aromatic carbocycles. The Morgan fingerprint density at radius 2 is 1.55 bits per heavy atom. The van der Waals surface area contributed by atoms with Crippen LogP contribution in [0.5, 0.6) is 0 Å². The molecule has 0 spiro atoms. The SMILES string of the molecule is Cc1cc(CNCc2ccc(C(C)C)cc2)ccc1Br. The van der Waals surface area contributed by atoms with Crippen molar-refractivity contribution >= 4 is 15.9 Å². The van der Waals surface area contributed by atoms with Gasteiger partial charge in [0.25, 0.3) is 0 Å². The molecule has 1 nitrogen and oxygen atoms in total. The fraction of sp³-hybridized carbons (Fsp3) is 0.333. The second kappa shape index (κ2) is 7.05. The van der Waals surface area contributed by atoms with Gasteiger partial charge in [0.05, 0.1) is 0 Å². The highest BCUT2D eigenvalue weighted by atomic mass is 79.9. The van der Waals surface area contributed by atoms with Crippen molar-refractivity contribution in [1.82, 2.24) is 5.32 Å². The minimum atomic E-state index is 0.600. The molecule has 0 amide bonds. The molecule has 0 atom stereocenters. The number of hydrogen-bond donors (Lipinski definition) is 1. The summed E-state index contributed by atoms with van der Waals surface area (Å²) in [5.74, 6) is 0.600. The van der Waals surface area contributed by atoms with Gasteiger partial charge in [-0.15, -0.1) is 0 Å². The highest BCUT2D eigenvalue weighted by Gasteiger charge is 2.00. The summed E-state index contributed by atoms with van der Waals surface area (Å²) in [7, 11) is 0. The molecule has 0 fully saturated rings. The molecule has 2 aromatic rings. The summed E-state index contributed by atoms with van der Waals surface area (Å²) < 4.78 is 1.17. The van der Waals surface area contributed by atoms with Crippen LogP contribution in [0.1, 0.15) is 42.0 Å². The largest absolute Gasteiger partial charge is 0.309 e. The predicted octanol–water partition coefficient (Wildman–Crippen LogP) is 5.17. The van der Waals surface area contributed by atoms with Gasteiger partial charge in [-0.2, -0.15) is 0 Å². The lowest BCUT2D eigenvalue weighted by atomic mass is 10.0. The summed E-state index contributed by atoms with van der Waals surface area (Å²) in [6, 6.07) is 15.4. The average Bonchev–Trinajstić information content (AvgIpc) is 2.43. The maximum absolute atomic E-state index is 3.53. The van der Waals surface area contributed by atoms with Crippen molar-refractivity contribution in [1.29, 1.82) is 0 Å². The van der Waals surface area contributed by atoms with E-state index in [1.165, 1.54) is 26.7 Å². The van der Waals surface area contributed by atoms with Crippen LogP contribution in [-0.2, 0) is 13.1 Å². The molecule has 2 rings (SSSR count). The zero-order valence-electron chi connectivity index (χ0n) is 12.4. The summed E-state index contributed by atoms with van der Waals surface area (Å²) in [6.45, 7) is 8.39. The number of nitrogens with one attached hydrogen (secondary N) is 1. The van der Waals surface area contributed by atoms with Crippen molar-refractivity contribution in [2.75, 3.05) is 0 Å². The quantitative estimate of drug-likeness (QED) is 0.796. The van der Waals surface area contributed by atoms with Crippen LogP contribution in [0.25, 0.3) is 0 Å². The fourth-order valence-electron chi connectivity index (χ4n) is 2.19. The van der Waals surface area contributed by atoms with Crippen LogP contribution in [-0.4, -0.2) is 0 Å².